The minimum Gasteiger partial charge on any atom is -0.390 e. The van der Waals surface area contributed by atoms with E-state index >= 15 is 0 Å². The Bertz CT molecular complexity index is 271. The fourth-order valence-corrected chi connectivity index (χ4v) is 1.37. The number of nitrogen functional groups attached to an aromatic ring is 1. The predicted molar refractivity (Wildman–Crippen MR) is 52.6 cm³/mol. The first-order chi connectivity index (χ1) is 5.34. The molecule has 0 unspecified atom stereocenters. The molecule has 0 saturated heterocycles. The molecule has 58 valence electrons. The van der Waals surface area contributed by atoms with Gasteiger partial charge in [0.2, 0.25) is 0 Å². The number of thiophene rings is 1. The van der Waals surface area contributed by atoms with Crippen molar-refractivity contribution in [2.45, 2.75) is 6.92 Å². The van der Waals surface area contributed by atoms with Gasteiger partial charge in [0.05, 0.1) is 5.00 Å². The van der Waals surface area contributed by atoms with Crippen LogP contribution in [0.1, 0.15) is 12.5 Å². The average molecular weight is 165 g/mol. The summed E-state index contributed by atoms with van der Waals surface area (Å²) in [5.74, 6) is 0. The summed E-state index contributed by atoms with van der Waals surface area (Å²) in [7, 11) is 0. The van der Waals surface area contributed by atoms with Crippen molar-refractivity contribution in [3.05, 3.63) is 35.2 Å². The highest BCUT2D eigenvalue weighted by molar-refractivity contribution is 7.14. The van der Waals surface area contributed by atoms with Gasteiger partial charge in [-0.2, -0.15) is 0 Å². The Morgan fingerprint density at radius 2 is 2.27 bits per heavy atom. The molecule has 0 bridgehead atoms. The van der Waals surface area contributed by atoms with Crippen molar-refractivity contribution < 1.29 is 0 Å². The molecule has 2 N–H and O–H groups in total. The number of hydrogen-bond acceptors (Lipinski definition) is 2. The van der Waals surface area contributed by atoms with Gasteiger partial charge >= 0.3 is 0 Å². The Morgan fingerprint density at radius 1 is 1.45 bits per heavy atom. The molecule has 1 rings (SSSR count). The maximum atomic E-state index is 5.67. The van der Waals surface area contributed by atoms with Crippen LogP contribution in [0.4, 0.5) is 5.00 Å². The van der Waals surface area contributed by atoms with Crippen LogP contribution in [-0.4, -0.2) is 0 Å². The maximum Gasteiger partial charge on any atom is 0.0930 e. The van der Waals surface area contributed by atoms with Gasteiger partial charge in [0.25, 0.3) is 0 Å². The van der Waals surface area contributed by atoms with Gasteiger partial charge in [0.1, 0.15) is 0 Å². The third-order valence-corrected chi connectivity index (χ3v) is 2.07. The molecule has 0 aliphatic heterocycles. The number of nitrogens with two attached hydrogens (primary N) is 1. The Kier molecular flexibility index (Phi) is 2.93. The van der Waals surface area contributed by atoms with Gasteiger partial charge < -0.3 is 5.73 Å². The Balaban J connectivity index is 2.71. The van der Waals surface area contributed by atoms with Crippen molar-refractivity contribution in [1.82, 2.24) is 0 Å². The van der Waals surface area contributed by atoms with E-state index in [9.17, 15) is 0 Å². The molecule has 0 aromatic carbocycles. The van der Waals surface area contributed by atoms with Crippen LogP contribution in [0, 0.1) is 0 Å². The van der Waals surface area contributed by atoms with Crippen molar-refractivity contribution in [3.8, 4) is 0 Å². The summed E-state index contributed by atoms with van der Waals surface area (Å²) < 4.78 is 0. The van der Waals surface area contributed by atoms with E-state index in [0.717, 1.165) is 10.6 Å². The molecule has 0 amide bonds. The molecule has 1 aromatic rings. The van der Waals surface area contributed by atoms with Gasteiger partial charge in [0, 0.05) is 5.56 Å². The lowest BCUT2D eigenvalue weighted by Gasteiger charge is -1.86. The van der Waals surface area contributed by atoms with Gasteiger partial charge in [0.15, 0.2) is 0 Å². The Morgan fingerprint density at radius 3 is 2.82 bits per heavy atom. The zero-order chi connectivity index (χ0) is 8.10. The van der Waals surface area contributed by atoms with Crippen LogP contribution in [0.15, 0.2) is 29.7 Å². The molecule has 1 aromatic heterocycles. The van der Waals surface area contributed by atoms with Crippen LogP contribution in [-0.2, 0) is 0 Å². The monoisotopic (exact) mass is 165 g/mol. The van der Waals surface area contributed by atoms with Crippen LogP contribution in [0.2, 0.25) is 0 Å². The van der Waals surface area contributed by atoms with E-state index in [4.69, 9.17) is 5.73 Å². The average Bonchev–Trinajstić information content (AvgIpc) is 2.37. The standard InChI is InChI=1S/C9H11NS/c1-2-3-4-5-8-6-7-11-9(8)10/h2-7H,10H2,1H3/b3-2-,5-4-. The van der Waals surface area contributed by atoms with E-state index in [1.807, 2.05) is 42.7 Å². The zero-order valence-electron chi connectivity index (χ0n) is 6.45. The summed E-state index contributed by atoms with van der Waals surface area (Å²) in [4.78, 5) is 0. The lowest BCUT2D eigenvalue weighted by molar-refractivity contribution is 1.74. The van der Waals surface area contributed by atoms with Gasteiger partial charge in [-0.15, -0.1) is 11.3 Å². The van der Waals surface area contributed by atoms with Crippen molar-refractivity contribution in [1.29, 1.82) is 0 Å². The molecule has 0 aliphatic rings. The summed E-state index contributed by atoms with van der Waals surface area (Å²) in [6.07, 6.45) is 7.96. The molecular weight excluding hydrogens is 154 g/mol. The first-order valence-electron chi connectivity index (χ1n) is 3.47. The van der Waals surface area contributed by atoms with Crippen LogP contribution in [0.5, 0.6) is 0 Å². The first-order valence-corrected chi connectivity index (χ1v) is 4.35. The van der Waals surface area contributed by atoms with E-state index < -0.39 is 0 Å². The van der Waals surface area contributed by atoms with E-state index in [1.54, 1.807) is 11.3 Å². The summed E-state index contributed by atoms with van der Waals surface area (Å²) in [5.41, 5.74) is 6.77. The van der Waals surface area contributed by atoms with E-state index in [1.165, 1.54) is 0 Å². The number of hydrogen-bond donors (Lipinski definition) is 1. The Hall–Kier alpha value is -1.02. The van der Waals surface area contributed by atoms with Gasteiger partial charge in [-0.05, 0) is 18.4 Å². The Labute approximate surface area is 70.9 Å². The molecule has 2 heteroatoms. The van der Waals surface area contributed by atoms with E-state index in [2.05, 4.69) is 0 Å². The number of rotatable bonds is 2. The second kappa shape index (κ2) is 3.98. The van der Waals surface area contributed by atoms with Crippen LogP contribution in [0.25, 0.3) is 6.08 Å². The minimum atomic E-state index is 0.880. The zero-order valence-corrected chi connectivity index (χ0v) is 7.27. The second-order valence-corrected chi connectivity index (χ2v) is 3.07. The van der Waals surface area contributed by atoms with Crippen LogP contribution >= 0.6 is 11.3 Å². The third kappa shape index (κ3) is 2.24. The van der Waals surface area contributed by atoms with Gasteiger partial charge in [-0.3, -0.25) is 0 Å². The topological polar surface area (TPSA) is 26.0 Å². The summed E-state index contributed by atoms with van der Waals surface area (Å²) in [6, 6.07) is 2.01. The SMILES string of the molecule is C/C=C\C=C/c1ccsc1N. The molecule has 0 spiro atoms. The molecule has 1 heterocycles. The highest BCUT2D eigenvalue weighted by Crippen LogP contribution is 2.19. The molecule has 0 atom stereocenters. The lowest BCUT2D eigenvalue weighted by atomic mass is 10.3. The van der Waals surface area contributed by atoms with Crippen molar-refractivity contribution >= 4 is 22.4 Å². The fourth-order valence-electron chi connectivity index (χ4n) is 0.739. The van der Waals surface area contributed by atoms with Crippen LogP contribution < -0.4 is 5.73 Å². The van der Waals surface area contributed by atoms with Crippen LogP contribution in [0.3, 0.4) is 0 Å². The molecule has 0 saturated carbocycles. The molecule has 0 aliphatic carbocycles. The molecule has 1 nitrogen and oxygen atoms in total. The van der Waals surface area contributed by atoms with Crippen molar-refractivity contribution in [3.63, 3.8) is 0 Å². The lowest BCUT2D eigenvalue weighted by Crippen LogP contribution is -1.79. The third-order valence-electron chi connectivity index (χ3n) is 1.31. The molecule has 0 radical (unpaired) electrons. The molecule has 0 fully saturated rings. The largest absolute Gasteiger partial charge is 0.390 e. The highest BCUT2D eigenvalue weighted by atomic mass is 32.1. The van der Waals surface area contributed by atoms with Gasteiger partial charge in [-0.25, -0.2) is 0 Å². The molecule has 11 heavy (non-hydrogen) atoms. The predicted octanol–water partition coefficient (Wildman–Crippen LogP) is 2.92. The fraction of sp³-hybridized carbons (Fsp3) is 0.111. The normalized spacial score (nSPS) is 11.7. The number of anilines is 1. The van der Waals surface area contributed by atoms with E-state index in [0.29, 0.717) is 0 Å². The molecular formula is C9H11NS. The highest BCUT2D eigenvalue weighted by Gasteiger charge is 1.92. The second-order valence-electron chi connectivity index (χ2n) is 2.13. The van der Waals surface area contributed by atoms with Crippen molar-refractivity contribution in [2.75, 3.05) is 5.73 Å². The van der Waals surface area contributed by atoms with Gasteiger partial charge in [-0.1, -0.05) is 24.3 Å². The smallest absolute Gasteiger partial charge is 0.0930 e. The van der Waals surface area contributed by atoms with Crippen molar-refractivity contribution in [2.24, 2.45) is 0 Å². The summed E-state index contributed by atoms with van der Waals surface area (Å²) in [5, 5.41) is 2.87. The first kappa shape index (κ1) is 8.08. The number of allylic oxidation sites excluding steroid dienone is 3. The maximum absolute atomic E-state index is 5.67. The summed E-state index contributed by atoms with van der Waals surface area (Å²) >= 11 is 1.56. The summed E-state index contributed by atoms with van der Waals surface area (Å²) in [6.45, 7) is 1.99. The quantitative estimate of drug-likeness (QED) is 0.670. The minimum absolute atomic E-state index is 0.880. The van der Waals surface area contributed by atoms with E-state index in [-0.39, 0.29) is 0 Å².